The molecule has 1 aliphatic rings. The van der Waals surface area contributed by atoms with Crippen LogP contribution in [0.25, 0.3) is 0 Å². The second-order valence-electron chi connectivity index (χ2n) is 3.56. The molecule has 4 nitrogen and oxygen atoms in total. The van der Waals surface area contributed by atoms with Crippen LogP contribution in [-0.4, -0.2) is 24.2 Å². The average Bonchev–Trinajstić information content (AvgIpc) is 2.29. The largest absolute Gasteiger partial charge is 0.352 e. The van der Waals surface area contributed by atoms with Crippen LogP contribution in [0.2, 0.25) is 0 Å². The molecule has 16 heavy (non-hydrogen) atoms. The van der Waals surface area contributed by atoms with Gasteiger partial charge in [0.15, 0.2) is 0 Å². The Morgan fingerprint density at radius 2 is 2.31 bits per heavy atom. The maximum atomic E-state index is 11.5. The van der Waals surface area contributed by atoms with Crippen molar-refractivity contribution in [3.63, 3.8) is 0 Å². The second kappa shape index (κ2) is 4.53. The Balaban J connectivity index is 2.25. The zero-order valence-electron chi connectivity index (χ0n) is 8.55. The average molecular weight is 239 g/mol. The summed E-state index contributed by atoms with van der Waals surface area (Å²) in [6, 6.07) is 5.24. The van der Waals surface area contributed by atoms with Crippen molar-refractivity contribution in [3.05, 3.63) is 29.3 Å². The molecule has 0 unspecified atom stereocenters. The lowest BCUT2D eigenvalue weighted by Crippen LogP contribution is -2.31. The Kier molecular flexibility index (Phi) is 3.10. The van der Waals surface area contributed by atoms with Crippen molar-refractivity contribution in [1.82, 2.24) is 5.32 Å². The lowest BCUT2D eigenvalue weighted by molar-refractivity contribution is -0.113. The molecule has 1 aromatic carbocycles. The van der Waals surface area contributed by atoms with E-state index < -0.39 is 0 Å². The Morgan fingerprint density at radius 3 is 3.06 bits per heavy atom. The van der Waals surface area contributed by atoms with Crippen molar-refractivity contribution in [2.45, 2.75) is 6.42 Å². The number of carbonyl (C=O) groups excluding carboxylic acids is 2. The maximum absolute atomic E-state index is 11.5. The topological polar surface area (TPSA) is 58.2 Å². The first kappa shape index (κ1) is 11.0. The molecule has 0 saturated carbocycles. The number of hydrogen-bond acceptors (Lipinski definition) is 2. The van der Waals surface area contributed by atoms with Gasteiger partial charge in [0, 0.05) is 17.8 Å². The predicted octanol–water partition coefficient (Wildman–Crippen LogP) is 1.15. The van der Waals surface area contributed by atoms with E-state index in [-0.39, 0.29) is 17.7 Å². The van der Waals surface area contributed by atoms with Gasteiger partial charge in [-0.25, -0.2) is 0 Å². The third-order valence-electron chi connectivity index (χ3n) is 2.43. The number of fused-ring (bicyclic) bond motifs is 1. The summed E-state index contributed by atoms with van der Waals surface area (Å²) in [5.41, 5.74) is 2.31. The number of nitrogens with one attached hydrogen (secondary N) is 2. The van der Waals surface area contributed by atoms with E-state index in [1.165, 1.54) is 0 Å². The molecule has 0 bridgehead atoms. The minimum absolute atomic E-state index is 0.0588. The Bertz CT molecular complexity index is 446. The summed E-state index contributed by atoms with van der Waals surface area (Å²) in [5, 5.41) is 5.42. The van der Waals surface area contributed by atoms with Gasteiger partial charge in [0.1, 0.15) is 5.88 Å². The van der Waals surface area contributed by atoms with Crippen LogP contribution in [0.1, 0.15) is 15.9 Å². The van der Waals surface area contributed by atoms with Gasteiger partial charge in [-0.2, -0.15) is 0 Å². The fourth-order valence-electron chi connectivity index (χ4n) is 1.70. The summed E-state index contributed by atoms with van der Waals surface area (Å²) in [6.45, 7) is 0.638. The van der Waals surface area contributed by atoms with E-state index >= 15 is 0 Å². The molecule has 0 spiro atoms. The summed E-state index contributed by atoms with van der Waals surface area (Å²) in [6.07, 6.45) is 0.783. The van der Waals surface area contributed by atoms with Crippen LogP contribution in [0.4, 0.5) is 5.69 Å². The highest BCUT2D eigenvalue weighted by molar-refractivity contribution is 6.29. The second-order valence-corrected chi connectivity index (χ2v) is 3.83. The molecule has 0 radical (unpaired) electrons. The fourth-order valence-corrected chi connectivity index (χ4v) is 1.77. The molecular formula is C11H11ClN2O2. The zero-order chi connectivity index (χ0) is 11.5. The molecule has 1 aromatic rings. The van der Waals surface area contributed by atoms with E-state index in [0.29, 0.717) is 17.8 Å². The van der Waals surface area contributed by atoms with Gasteiger partial charge in [-0.1, -0.05) is 0 Å². The molecule has 0 fully saturated rings. The molecule has 2 N–H and O–H groups in total. The van der Waals surface area contributed by atoms with Gasteiger partial charge in [0.25, 0.3) is 5.91 Å². The van der Waals surface area contributed by atoms with Crippen LogP contribution >= 0.6 is 11.6 Å². The van der Waals surface area contributed by atoms with Crippen molar-refractivity contribution in [1.29, 1.82) is 0 Å². The van der Waals surface area contributed by atoms with Gasteiger partial charge < -0.3 is 10.6 Å². The third-order valence-corrected chi connectivity index (χ3v) is 2.68. The number of benzene rings is 1. The van der Waals surface area contributed by atoms with Crippen LogP contribution < -0.4 is 10.6 Å². The molecule has 0 saturated heterocycles. The Labute approximate surface area is 98.0 Å². The Morgan fingerprint density at radius 1 is 1.50 bits per heavy atom. The number of amides is 2. The van der Waals surface area contributed by atoms with Gasteiger partial charge in [-0.15, -0.1) is 11.6 Å². The monoisotopic (exact) mass is 238 g/mol. The fraction of sp³-hybridized carbons (Fsp3) is 0.273. The highest BCUT2D eigenvalue weighted by Crippen LogP contribution is 2.19. The molecule has 1 aliphatic heterocycles. The number of halogens is 1. The highest BCUT2D eigenvalue weighted by atomic mass is 35.5. The van der Waals surface area contributed by atoms with Gasteiger partial charge in [-0.05, 0) is 30.2 Å². The van der Waals surface area contributed by atoms with Crippen LogP contribution in [0.15, 0.2) is 18.2 Å². The molecule has 84 valence electrons. The predicted molar refractivity (Wildman–Crippen MR) is 61.8 cm³/mol. The number of hydrogen-bond donors (Lipinski definition) is 2. The van der Waals surface area contributed by atoms with Gasteiger partial charge in [0.2, 0.25) is 5.91 Å². The number of rotatable bonds is 2. The first-order valence-corrected chi connectivity index (χ1v) is 5.51. The quantitative estimate of drug-likeness (QED) is 0.760. The smallest absolute Gasteiger partial charge is 0.251 e. The minimum atomic E-state index is -0.248. The third kappa shape index (κ3) is 2.17. The Hall–Kier alpha value is -1.55. The van der Waals surface area contributed by atoms with Crippen molar-refractivity contribution < 1.29 is 9.59 Å². The lowest BCUT2D eigenvalue weighted by Gasteiger charge is -2.17. The number of anilines is 1. The van der Waals surface area contributed by atoms with E-state index in [1.807, 2.05) is 6.07 Å². The van der Waals surface area contributed by atoms with E-state index in [2.05, 4.69) is 10.6 Å². The minimum Gasteiger partial charge on any atom is -0.352 e. The zero-order valence-corrected chi connectivity index (χ0v) is 9.30. The summed E-state index contributed by atoms with van der Waals surface area (Å²) in [7, 11) is 0. The normalized spacial score (nSPS) is 13.9. The van der Waals surface area contributed by atoms with E-state index in [9.17, 15) is 9.59 Å². The van der Waals surface area contributed by atoms with E-state index in [0.717, 1.165) is 12.0 Å². The van der Waals surface area contributed by atoms with Crippen LogP contribution in [0.3, 0.4) is 0 Å². The lowest BCUT2D eigenvalue weighted by atomic mass is 10.00. The van der Waals surface area contributed by atoms with Crippen molar-refractivity contribution in [2.24, 2.45) is 0 Å². The molecule has 2 rings (SSSR count). The van der Waals surface area contributed by atoms with Crippen molar-refractivity contribution >= 4 is 29.1 Å². The standard InChI is InChI=1S/C11H11ClN2O2/c12-6-10(15)14-8-1-2-9-7(5-8)3-4-13-11(9)16/h1-2,5H,3-4,6H2,(H,13,16)(H,14,15). The summed E-state index contributed by atoms with van der Waals surface area (Å²) < 4.78 is 0. The van der Waals surface area contributed by atoms with Crippen LogP contribution in [0.5, 0.6) is 0 Å². The number of carbonyl (C=O) groups is 2. The molecule has 1 heterocycles. The summed E-state index contributed by atoms with van der Waals surface area (Å²) in [5.74, 6) is -0.379. The highest BCUT2D eigenvalue weighted by Gasteiger charge is 2.16. The first-order valence-electron chi connectivity index (χ1n) is 4.97. The van der Waals surface area contributed by atoms with Crippen LogP contribution in [0, 0.1) is 0 Å². The van der Waals surface area contributed by atoms with E-state index in [1.54, 1.807) is 12.1 Å². The van der Waals surface area contributed by atoms with E-state index in [4.69, 9.17) is 11.6 Å². The molecule has 0 aliphatic carbocycles. The summed E-state index contributed by atoms with van der Waals surface area (Å²) >= 11 is 5.39. The molecular weight excluding hydrogens is 228 g/mol. The van der Waals surface area contributed by atoms with Crippen molar-refractivity contribution in [3.8, 4) is 0 Å². The molecule has 5 heteroatoms. The van der Waals surface area contributed by atoms with Gasteiger partial charge >= 0.3 is 0 Å². The van der Waals surface area contributed by atoms with Crippen molar-refractivity contribution in [2.75, 3.05) is 17.7 Å². The van der Waals surface area contributed by atoms with Gasteiger partial charge in [-0.3, -0.25) is 9.59 Å². The molecule has 2 amide bonds. The molecule has 0 aromatic heterocycles. The van der Waals surface area contributed by atoms with Crippen LogP contribution in [-0.2, 0) is 11.2 Å². The number of alkyl halides is 1. The molecule has 0 atom stereocenters. The SMILES string of the molecule is O=C(CCl)Nc1ccc2c(c1)CCNC2=O. The maximum Gasteiger partial charge on any atom is 0.251 e. The summed E-state index contributed by atoms with van der Waals surface area (Å²) in [4.78, 5) is 22.5. The first-order chi connectivity index (χ1) is 7.70. The van der Waals surface area contributed by atoms with Gasteiger partial charge in [0.05, 0.1) is 0 Å².